The fourth-order valence-corrected chi connectivity index (χ4v) is 2.10. The Labute approximate surface area is 111 Å². The molecule has 98 valence electrons. The lowest BCUT2D eigenvalue weighted by atomic mass is 10.3. The van der Waals surface area contributed by atoms with E-state index in [2.05, 4.69) is 20.5 Å². The average molecular weight is 256 g/mol. The summed E-state index contributed by atoms with van der Waals surface area (Å²) in [4.78, 5) is 4.46. The summed E-state index contributed by atoms with van der Waals surface area (Å²) in [5, 5.41) is 12.0. The van der Waals surface area contributed by atoms with Crippen molar-refractivity contribution in [3.05, 3.63) is 41.5 Å². The van der Waals surface area contributed by atoms with Gasteiger partial charge in [0.15, 0.2) is 5.65 Å². The molecular weight excluding hydrogens is 240 g/mol. The molecule has 6 nitrogen and oxygen atoms in total. The van der Waals surface area contributed by atoms with Crippen molar-refractivity contribution in [3.63, 3.8) is 0 Å². The van der Waals surface area contributed by atoms with Crippen LogP contribution in [0.1, 0.15) is 17.0 Å². The highest BCUT2D eigenvalue weighted by atomic mass is 15.3. The van der Waals surface area contributed by atoms with Crippen LogP contribution in [0.2, 0.25) is 0 Å². The van der Waals surface area contributed by atoms with Gasteiger partial charge in [0.25, 0.3) is 0 Å². The topological polar surface area (TPSA) is 60.0 Å². The van der Waals surface area contributed by atoms with E-state index in [1.165, 1.54) is 0 Å². The maximum Gasteiger partial charge on any atom is 0.157 e. The van der Waals surface area contributed by atoms with Crippen LogP contribution >= 0.6 is 0 Å². The van der Waals surface area contributed by atoms with E-state index < -0.39 is 0 Å². The highest BCUT2D eigenvalue weighted by Crippen LogP contribution is 2.14. The number of anilines is 1. The summed E-state index contributed by atoms with van der Waals surface area (Å²) < 4.78 is 3.63. The molecule has 0 saturated heterocycles. The van der Waals surface area contributed by atoms with Crippen LogP contribution < -0.4 is 5.32 Å². The first-order valence-corrected chi connectivity index (χ1v) is 6.17. The van der Waals surface area contributed by atoms with Crippen molar-refractivity contribution in [2.75, 3.05) is 5.32 Å². The van der Waals surface area contributed by atoms with Crippen LogP contribution in [0.3, 0.4) is 0 Å². The predicted octanol–water partition coefficient (Wildman–Crippen LogP) is 1.69. The normalized spacial score (nSPS) is 11.1. The molecule has 0 saturated carbocycles. The van der Waals surface area contributed by atoms with E-state index in [0.717, 1.165) is 28.4 Å². The monoisotopic (exact) mass is 256 g/mol. The summed E-state index contributed by atoms with van der Waals surface area (Å²) in [7, 11) is 1.91. The minimum absolute atomic E-state index is 0.714. The van der Waals surface area contributed by atoms with Crippen LogP contribution in [0.25, 0.3) is 5.65 Å². The van der Waals surface area contributed by atoms with Gasteiger partial charge in [-0.3, -0.25) is 4.68 Å². The zero-order chi connectivity index (χ0) is 13.4. The first-order valence-electron chi connectivity index (χ1n) is 6.17. The van der Waals surface area contributed by atoms with Crippen LogP contribution in [0, 0.1) is 13.8 Å². The minimum atomic E-state index is 0.714. The van der Waals surface area contributed by atoms with Gasteiger partial charge in [-0.05, 0) is 13.8 Å². The Bertz CT molecular complexity index is 724. The molecule has 0 spiro atoms. The lowest BCUT2D eigenvalue weighted by Crippen LogP contribution is -2.06. The molecule has 0 bridgehead atoms. The second-order valence-electron chi connectivity index (χ2n) is 4.71. The van der Waals surface area contributed by atoms with E-state index in [-0.39, 0.29) is 0 Å². The number of aromatic nitrogens is 5. The Hall–Kier alpha value is -2.37. The van der Waals surface area contributed by atoms with Crippen molar-refractivity contribution >= 4 is 11.5 Å². The smallest absolute Gasteiger partial charge is 0.157 e. The summed E-state index contributed by atoms with van der Waals surface area (Å²) in [5.41, 5.74) is 3.93. The zero-order valence-electron chi connectivity index (χ0n) is 11.3. The lowest BCUT2D eigenvalue weighted by Gasteiger charge is -2.08. The average Bonchev–Trinajstić information content (AvgIpc) is 2.91. The lowest BCUT2D eigenvalue weighted by molar-refractivity contribution is 0.767. The van der Waals surface area contributed by atoms with Crippen molar-refractivity contribution < 1.29 is 0 Å². The van der Waals surface area contributed by atoms with E-state index >= 15 is 0 Å². The maximum absolute atomic E-state index is 4.46. The molecule has 0 radical (unpaired) electrons. The number of aryl methyl sites for hydroxylation is 3. The number of hydrogen-bond acceptors (Lipinski definition) is 4. The van der Waals surface area contributed by atoms with Gasteiger partial charge in [0.1, 0.15) is 5.82 Å². The molecule has 1 N–H and O–H groups in total. The molecule has 6 heteroatoms. The van der Waals surface area contributed by atoms with E-state index in [1.54, 1.807) is 4.68 Å². The third kappa shape index (κ3) is 2.29. The molecule has 3 rings (SSSR count). The second-order valence-corrected chi connectivity index (χ2v) is 4.71. The van der Waals surface area contributed by atoms with Crippen molar-refractivity contribution in [3.8, 4) is 0 Å². The fraction of sp³-hybridized carbons (Fsp3) is 0.308. The molecule has 0 unspecified atom stereocenters. The summed E-state index contributed by atoms with van der Waals surface area (Å²) in [5.74, 6) is 0.944. The van der Waals surface area contributed by atoms with Gasteiger partial charge in [-0.2, -0.15) is 14.7 Å². The maximum atomic E-state index is 4.46. The number of nitrogens with one attached hydrogen (secondary N) is 1. The van der Waals surface area contributed by atoms with Crippen LogP contribution in [-0.2, 0) is 13.6 Å². The Morgan fingerprint density at radius 2 is 2.05 bits per heavy atom. The van der Waals surface area contributed by atoms with Crippen molar-refractivity contribution in [2.24, 2.45) is 7.05 Å². The van der Waals surface area contributed by atoms with Gasteiger partial charge >= 0.3 is 0 Å². The van der Waals surface area contributed by atoms with Gasteiger partial charge in [-0.15, -0.1) is 0 Å². The SMILES string of the molecule is Cc1cc(NCc2cnn(C)c2)n2nc(C)cc2n1. The third-order valence-electron chi connectivity index (χ3n) is 2.91. The van der Waals surface area contributed by atoms with Gasteiger partial charge < -0.3 is 5.32 Å². The summed E-state index contributed by atoms with van der Waals surface area (Å²) >= 11 is 0. The molecule has 19 heavy (non-hydrogen) atoms. The first-order chi connectivity index (χ1) is 9.11. The van der Waals surface area contributed by atoms with Gasteiger partial charge in [0.2, 0.25) is 0 Å². The van der Waals surface area contributed by atoms with Crippen LogP contribution in [0.5, 0.6) is 0 Å². The molecule has 0 aliphatic rings. The number of fused-ring (bicyclic) bond motifs is 1. The highest BCUT2D eigenvalue weighted by Gasteiger charge is 2.06. The molecule has 3 heterocycles. The van der Waals surface area contributed by atoms with E-state index in [4.69, 9.17) is 0 Å². The Morgan fingerprint density at radius 3 is 2.79 bits per heavy atom. The van der Waals surface area contributed by atoms with E-state index in [1.807, 2.05) is 49.9 Å². The molecule has 0 aliphatic carbocycles. The zero-order valence-corrected chi connectivity index (χ0v) is 11.3. The largest absolute Gasteiger partial charge is 0.366 e. The summed E-state index contributed by atoms with van der Waals surface area (Å²) in [6.07, 6.45) is 3.85. The molecule has 3 aromatic rings. The van der Waals surface area contributed by atoms with E-state index in [9.17, 15) is 0 Å². The first kappa shape index (κ1) is 11.7. The molecule has 0 amide bonds. The molecule has 0 atom stereocenters. The standard InChI is InChI=1S/C13H16N6/c1-9-4-12(14-6-11-7-15-18(3)8-11)19-13(16-9)5-10(2)17-19/h4-5,7-8,14H,6H2,1-3H3. The molecule has 0 aliphatic heterocycles. The third-order valence-corrected chi connectivity index (χ3v) is 2.91. The molecule has 0 aromatic carbocycles. The van der Waals surface area contributed by atoms with Crippen molar-refractivity contribution in [1.29, 1.82) is 0 Å². The molecular formula is C13H16N6. The fourth-order valence-electron chi connectivity index (χ4n) is 2.10. The van der Waals surface area contributed by atoms with Crippen molar-refractivity contribution in [2.45, 2.75) is 20.4 Å². The number of hydrogen-bond donors (Lipinski definition) is 1. The second kappa shape index (κ2) is 4.38. The van der Waals surface area contributed by atoms with Crippen LogP contribution in [-0.4, -0.2) is 24.4 Å². The van der Waals surface area contributed by atoms with Gasteiger partial charge in [-0.25, -0.2) is 4.98 Å². The van der Waals surface area contributed by atoms with Crippen LogP contribution in [0.4, 0.5) is 5.82 Å². The summed E-state index contributed by atoms with van der Waals surface area (Å²) in [6.45, 7) is 4.66. The van der Waals surface area contributed by atoms with Gasteiger partial charge in [0, 0.05) is 43.2 Å². The summed E-state index contributed by atoms with van der Waals surface area (Å²) in [6, 6.07) is 3.97. The highest BCUT2D eigenvalue weighted by molar-refractivity contribution is 5.50. The van der Waals surface area contributed by atoms with Crippen LogP contribution in [0.15, 0.2) is 24.5 Å². The van der Waals surface area contributed by atoms with Gasteiger partial charge in [0.05, 0.1) is 11.9 Å². The Morgan fingerprint density at radius 1 is 1.21 bits per heavy atom. The molecule has 0 fully saturated rings. The predicted molar refractivity (Wildman–Crippen MR) is 73.0 cm³/mol. The number of rotatable bonds is 3. The van der Waals surface area contributed by atoms with E-state index in [0.29, 0.717) is 6.54 Å². The minimum Gasteiger partial charge on any atom is -0.366 e. The number of nitrogens with zero attached hydrogens (tertiary/aromatic N) is 5. The van der Waals surface area contributed by atoms with Crippen molar-refractivity contribution in [1.82, 2.24) is 24.4 Å². The quantitative estimate of drug-likeness (QED) is 0.774. The Balaban J connectivity index is 1.91. The molecule has 3 aromatic heterocycles. The van der Waals surface area contributed by atoms with Gasteiger partial charge in [-0.1, -0.05) is 0 Å². The Kier molecular flexibility index (Phi) is 2.70.